The van der Waals surface area contributed by atoms with Gasteiger partial charge < -0.3 is 10.4 Å². The molecule has 0 aliphatic carbocycles. The molecule has 16 heavy (non-hydrogen) atoms. The summed E-state index contributed by atoms with van der Waals surface area (Å²) in [5.74, 6) is -0.109. The van der Waals surface area contributed by atoms with Crippen molar-refractivity contribution >= 4 is 17.2 Å². The maximum atomic E-state index is 11.7. The SMILES string of the molecule is CCC(CC)(CO)CNC(=O)c1cncs1. The fourth-order valence-electron chi connectivity index (χ4n) is 1.46. The van der Waals surface area contributed by atoms with Crippen LogP contribution in [0.25, 0.3) is 0 Å². The monoisotopic (exact) mass is 242 g/mol. The number of rotatable bonds is 6. The number of carbonyl (C=O) groups is 1. The van der Waals surface area contributed by atoms with Crippen molar-refractivity contribution in [3.63, 3.8) is 0 Å². The highest BCUT2D eigenvalue weighted by Crippen LogP contribution is 2.24. The lowest BCUT2D eigenvalue weighted by Crippen LogP contribution is -2.39. The number of aliphatic hydroxyl groups is 1. The maximum absolute atomic E-state index is 11.7. The lowest BCUT2D eigenvalue weighted by Gasteiger charge is -2.29. The molecule has 1 heterocycles. The molecular weight excluding hydrogens is 224 g/mol. The predicted octanol–water partition coefficient (Wildman–Crippen LogP) is 1.67. The Morgan fingerprint density at radius 3 is 2.69 bits per heavy atom. The van der Waals surface area contributed by atoms with Crippen molar-refractivity contribution in [2.24, 2.45) is 5.41 Å². The van der Waals surface area contributed by atoms with E-state index in [1.807, 2.05) is 13.8 Å². The lowest BCUT2D eigenvalue weighted by atomic mass is 9.83. The van der Waals surface area contributed by atoms with Crippen LogP contribution in [-0.4, -0.2) is 29.1 Å². The van der Waals surface area contributed by atoms with Crippen molar-refractivity contribution in [1.82, 2.24) is 10.3 Å². The van der Waals surface area contributed by atoms with Crippen molar-refractivity contribution in [3.05, 3.63) is 16.6 Å². The zero-order valence-corrected chi connectivity index (χ0v) is 10.5. The Balaban J connectivity index is 2.53. The van der Waals surface area contributed by atoms with E-state index >= 15 is 0 Å². The molecule has 0 radical (unpaired) electrons. The van der Waals surface area contributed by atoms with Gasteiger partial charge in [0.25, 0.3) is 5.91 Å². The number of aromatic nitrogens is 1. The van der Waals surface area contributed by atoms with E-state index in [1.54, 1.807) is 11.7 Å². The first-order chi connectivity index (χ1) is 7.67. The van der Waals surface area contributed by atoms with Crippen LogP contribution < -0.4 is 5.32 Å². The zero-order valence-electron chi connectivity index (χ0n) is 9.69. The largest absolute Gasteiger partial charge is 0.396 e. The fraction of sp³-hybridized carbons (Fsp3) is 0.636. The van der Waals surface area contributed by atoms with Gasteiger partial charge in [-0.05, 0) is 12.8 Å². The summed E-state index contributed by atoms with van der Waals surface area (Å²) < 4.78 is 0. The molecule has 0 bridgehead atoms. The first-order valence-electron chi connectivity index (χ1n) is 5.45. The number of amides is 1. The number of carbonyl (C=O) groups excluding carboxylic acids is 1. The molecule has 0 fully saturated rings. The van der Waals surface area contributed by atoms with Crippen molar-refractivity contribution in [2.75, 3.05) is 13.2 Å². The van der Waals surface area contributed by atoms with Crippen molar-refractivity contribution < 1.29 is 9.90 Å². The molecule has 0 atom stereocenters. The average Bonchev–Trinajstić information content (AvgIpc) is 2.85. The van der Waals surface area contributed by atoms with Gasteiger partial charge in [-0.3, -0.25) is 9.78 Å². The number of thiazole rings is 1. The van der Waals surface area contributed by atoms with Crippen LogP contribution in [0.2, 0.25) is 0 Å². The van der Waals surface area contributed by atoms with Gasteiger partial charge in [0.2, 0.25) is 0 Å². The molecule has 5 heteroatoms. The van der Waals surface area contributed by atoms with Crippen LogP contribution in [0.3, 0.4) is 0 Å². The van der Waals surface area contributed by atoms with Gasteiger partial charge in [-0.25, -0.2) is 0 Å². The molecule has 0 unspecified atom stereocenters. The smallest absolute Gasteiger partial charge is 0.263 e. The van der Waals surface area contributed by atoms with E-state index in [0.717, 1.165) is 12.8 Å². The Kier molecular flexibility index (Phi) is 4.89. The van der Waals surface area contributed by atoms with E-state index in [0.29, 0.717) is 11.4 Å². The Hall–Kier alpha value is -0.940. The van der Waals surface area contributed by atoms with Crippen LogP contribution in [0.15, 0.2) is 11.7 Å². The molecule has 1 aromatic rings. The van der Waals surface area contributed by atoms with Gasteiger partial charge >= 0.3 is 0 Å². The van der Waals surface area contributed by atoms with E-state index in [-0.39, 0.29) is 17.9 Å². The number of hydrogen-bond donors (Lipinski definition) is 2. The second-order valence-corrected chi connectivity index (χ2v) is 4.80. The minimum absolute atomic E-state index is 0.100. The van der Waals surface area contributed by atoms with Crippen LogP contribution >= 0.6 is 11.3 Å². The molecule has 2 N–H and O–H groups in total. The van der Waals surface area contributed by atoms with Gasteiger partial charge in [0.05, 0.1) is 18.3 Å². The van der Waals surface area contributed by atoms with E-state index in [4.69, 9.17) is 0 Å². The van der Waals surface area contributed by atoms with E-state index in [1.165, 1.54) is 11.3 Å². The molecule has 4 nitrogen and oxygen atoms in total. The summed E-state index contributed by atoms with van der Waals surface area (Å²) in [7, 11) is 0. The molecule has 90 valence electrons. The molecule has 0 aliphatic heterocycles. The van der Waals surface area contributed by atoms with Gasteiger partial charge in [-0.15, -0.1) is 11.3 Å². The van der Waals surface area contributed by atoms with Gasteiger partial charge in [0.1, 0.15) is 4.88 Å². The minimum atomic E-state index is -0.194. The summed E-state index contributed by atoms with van der Waals surface area (Å²) in [5.41, 5.74) is 1.44. The second-order valence-electron chi connectivity index (χ2n) is 3.91. The highest BCUT2D eigenvalue weighted by Gasteiger charge is 2.26. The van der Waals surface area contributed by atoms with Crippen molar-refractivity contribution in [2.45, 2.75) is 26.7 Å². The summed E-state index contributed by atoms with van der Waals surface area (Å²) >= 11 is 1.32. The van der Waals surface area contributed by atoms with E-state index < -0.39 is 0 Å². The molecule has 1 amide bonds. The first-order valence-corrected chi connectivity index (χ1v) is 6.33. The quantitative estimate of drug-likeness (QED) is 0.797. The third-order valence-corrected chi connectivity index (χ3v) is 3.89. The van der Waals surface area contributed by atoms with Gasteiger partial charge in [-0.1, -0.05) is 13.8 Å². The number of aliphatic hydroxyl groups excluding tert-OH is 1. The average molecular weight is 242 g/mol. The van der Waals surface area contributed by atoms with Crippen LogP contribution in [-0.2, 0) is 0 Å². The Morgan fingerprint density at radius 2 is 2.25 bits per heavy atom. The Morgan fingerprint density at radius 1 is 1.56 bits per heavy atom. The zero-order chi connectivity index (χ0) is 12.0. The summed E-state index contributed by atoms with van der Waals surface area (Å²) in [6, 6.07) is 0. The third-order valence-electron chi connectivity index (χ3n) is 3.12. The van der Waals surface area contributed by atoms with Gasteiger partial charge in [0.15, 0.2) is 0 Å². The summed E-state index contributed by atoms with van der Waals surface area (Å²) in [6.45, 7) is 4.66. The Labute approximate surface area is 99.7 Å². The summed E-state index contributed by atoms with van der Waals surface area (Å²) in [4.78, 5) is 16.1. The molecule has 1 aromatic heterocycles. The normalized spacial score (nSPS) is 11.4. The van der Waals surface area contributed by atoms with Crippen LogP contribution in [0, 0.1) is 5.41 Å². The van der Waals surface area contributed by atoms with Gasteiger partial charge in [0, 0.05) is 12.0 Å². The molecule has 0 aliphatic rings. The second kappa shape index (κ2) is 5.96. The van der Waals surface area contributed by atoms with Crippen LogP contribution in [0.4, 0.5) is 0 Å². The molecule has 0 saturated heterocycles. The van der Waals surface area contributed by atoms with E-state index in [2.05, 4.69) is 10.3 Å². The topological polar surface area (TPSA) is 62.2 Å². The first kappa shape index (κ1) is 13.1. The predicted molar refractivity (Wildman–Crippen MR) is 64.5 cm³/mol. The van der Waals surface area contributed by atoms with Crippen molar-refractivity contribution in [1.29, 1.82) is 0 Å². The summed E-state index contributed by atoms with van der Waals surface area (Å²) in [5, 5.41) is 12.2. The van der Waals surface area contributed by atoms with Crippen molar-refractivity contribution in [3.8, 4) is 0 Å². The maximum Gasteiger partial charge on any atom is 0.263 e. The highest BCUT2D eigenvalue weighted by atomic mass is 32.1. The standard InChI is InChI=1S/C11H18N2O2S/c1-3-11(4-2,7-14)6-13-10(15)9-5-12-8-16-9/h5,8,14H,3-4,6-7H2,1-2H3,(H,13,15). The van der Waals surface area contributed by atoms with Gasteiger partial charge in [-0.2, -0.15) is 0 Å². The Bertz CT molecular complexity index is 312. The molecular formula is C11H18N2O2S. The number of nitrogens with one attached hydrogen (secondary N) is 1. The lowest BCUT2D eigenvalue weighted by molar-refractivity contribution is 0.0854. The van der Waals surface area contributed by atoms with Crippen LogP contribution in [0.1, 0.15) is 36.4 Å². The van der Waals surface area contributed by atoms with Crippen LogP contribution in [0.5, 0.6) is 0 Å². The third kappa shape index (κ3) is 3.02. The molecule has 0 spiro atoms. The summed E-state index contributed by atoms with van der Waals surface area (Å²) in [6.07, 6.45) is 3.25. The molecule has 0 saturated carbocycles. The molecule has 0 aromatic carbocycles. The fourth-order valence-corrected chi connectivity index (χ4v) is 2.00. The minimum Gasteiger partial charge on any atom is -0.396 e. The number of hydrogen-bond acceptors (Lipinski definition) is 4. The molecule has 1 rings (SSSR count). The highest BCUT2D eigenvalue weighted by molar-refractivity contribution is 7.11. The number of nitrogens with zero attached hydrogens (tertiary/aromatic N) is 1. The van der Waals surface area contributed by atoms with E-state index in [9.17, 15) is 9.90 Å².